The third-order valence-electron chi connectivity index (χ3n) is 4.82. The predicted molar refractivity (Wildman–Crippen MR) is 103 cm³/mol. The monoisotopic (exact) mass is 362 g/mol. The second-order valence-corrected chi connectivity index (χ2v) is 7.23. The second-order valence-electron chi connectivity index (χ2n) is 7.23. The molecule has 136 valence electrons. The van der Waals surface area contributed by atoms with Gasteiger partial charge in [0.25, 0.3) is 0 Å². The quantitative estimate of drug-likeness (QED) is 0.642. The molecule has 0 atom stereocenters. The van der Waals surface area contributed by atoms with Crippen LogP contribution in [0.25, 0.3) is 28.2 Å². The Balaban J connectivity index is 1.66. The lowest BCUT2D eigenvalue weighted by Crippen LogP contribution is -2.27. The first kappa shape index (κ1) is 16.0. The summed E-state index contributed by atoms with van der Waals surface area (Å²) in [5.74, 6) is 2.04. The molecule has 0 spiro atoms. The van der Waals surface area contributed by atoms with Crippen molar-refractivity contribution in [3.63, 3.8) is 0 Å². The first-order valence-corrected chi connectivity index (χ1v) is 8.89. The molecular formula is C22H18O5. The summed E-state index contributed by atoms with van der Waals surface area (Å²) in [6.45, 7) is 5.00. The van der Waals surface area contributed by atoms with E-state index >= 15 is 0 Å². The predicted octanol–water partition coefficient (Wildman–Crippen LogP) is 4.42. The van der Waals surface area contributed by atoms with Crippen molar-refractivity contribution in [2.24, 2.45) is 0 Å². The average Bonchev–Trinajstić information content (AvgIpc) is 2.67. The van der Waals surface area contributed by atoms with Crippen LogP contribution in [0.2, 0.25) is 0 Å². The van der Waals surface area contributed by atoms with E-state index in [1.807, 2.05) is 50.3 Å². The summed E-state index contributed by atoms with van der Waals surface area (Å²) in [4.78, 5) is 13.1. The van der Waals surface area contributed by atoms with Gasteiger partial charge in [-0.05, 0) is 55.8 Å². The summed E-state index contributed by atoms with van der Waals surface area (Å²) in [6.07, 6.45) is 5.42. The van der Waals surface area contributed by atoms with Crippen LogP contribution in [-0.4, -0.2) is 18.8 Å². The summed E-state index contributed by atoms with van der Waals surface area (Å²) in [7, 11) is 0. The van der Waals surface area contributed by atoms with Gasteiger partial charge in [0, 0.05) is 0 Å². The molecular weight excluding hydrogens is 344 g/mol. The Bertz CT molecular complexity index is 1150. The van der Waals surface area contributed by atoms with E-state index in [2.05, 4.69) is 0 Å². The molecule has 5 rings (SSSR count). The fraction of sp³-hybridized carbons (Fsp3) is 0.227. The number of rotatable bonds is 1. The molecule has 2 aliphatic rings. The lowest BCUT2D eigenvalue weighted by Gasteiger charge is -2.27. The van der Waals surface area contributed by atoms with Crippen molar-refractivity contribution in [2.45, 2.75) is 19.4 Å². The Labute approximate surface area is 155 Å². The zero-order valence-corrected chi connectivity index (χ0v) is 15.1. The molecule has 27 heavy (non-hydrogen) atoms. The third-order valence-corrected chi connectivity index (χ3v) is 4.82. The first-order chi connectivity index (χ1) is 13.0. The Morgan fingerprint density at radius 2 is 1.74 bits per heavy atom. The number of hydrogen-bond donors (Lipinski definition) is 0. The standard InChI is InChI=1S/C22H18O5/c1-22(2)8-7-14-17(27-22)6-4-15-20(23)16(12-26-21(14)15)13-3-5-18-19(11-13)25-10-9-24-18/h3-8,11-12H,9-10H2,1-2H3. The van der Waals surface area contributed by atoms with Crippen molar-refractivity contribution in [1.82, 2.24) is 0 Å². The van der Waals surface area contributed by atoms with E-state index in [1.165, 1.54) is 6.26 Å². The van der Waals surface area contributed by atoms with Crippen molar-refractivity contribution in [1.29, 1.82) is 0 Å². The normalized spacial score (nSPS) is 16.7. The van der Waals surface area contributed by atoms with Gasteiger partial charge in [-0.3, -0.25) is 4.79 Å². The van der Waals surface area contributed by atoms with Crippen molar-refractivity contribution in [3.8, 4) is 28.4 Å². The first-order valence-electron chi connectivity index (χ1n) is 8.89. The molecule has 1 aromatic heterocycles. The van der Waals surface area contributed by atoms with Gasteiger partial charge in [0.2, 0.25) is 5.43 Å². The SMILES string of the molecule is CC1(C)C=Cc2c(ccc3c(=O)c(-c4ccc5c(c4)OCCO5)coc23)O1. The van der Waals surface area contributed by atoms with Crippen LogP contribution in [0.4, 0.5) is 0 Å². The fourth-order valence-electron chi connectivity index (χ4n) is 3.46. The highest BCUT2D eigenvalue weighted by Crippen LogP contribution is 2.37. The summed E-state index contributed by atoms with van der Waals surface area (Å²) in [5.41, 5.74) is 2.07. The average molecular weight is 362 g/mol. The number of ether oxygens (including phenoxy) is 3. The molecule has 0 bridgehead atoms. The molecule has 0 N–H and O–H groups in total. The van der Waals surface area contributed by atoms with Crippen molar-refractivity contribution < 1.29 is 18.6 Å². The second kappa shape index (κ2) is 5.64. The van der Waals surface area contributed by atoms with Crippen LogP contribution in [0.1, 0.15) is 19.4 Å². The van der Waals surface area contributed by atoms with Crippen LogP contribution in [0.15, 0.2) is 51.9 Å². The van der Waals surface area contributed by atoms with Crippen molar-refractivity contribution >= 4 is 17.0 Å². The van der Waals surface area contributed by atoms with Gasteiger partial charge in [-0.1, -0.05) is 6.07 Å². The minimum atomic E-state index is -0.383. The van der Waals surface area contributed by atoms with Gasteiger partial charge in [-0.15, -0.1) is 0 Å². The van der Waals surface area contributed by atoms with E-state index in [0.717, 1.165) is 11.1 Å². The molecule has 5 heteroatoms. The molecule has 3 heterocycles. The number of hydrogen-bond acceptors (Lipinski definition) is 5. The van der Waals surface area contributed by atoms with E-state index in [1.54, 1.807) is 6.07 Å². The molecule has 0 fully saturated rings. The van der Waals surface area contributed by atoms with E-state index in [9.17, 15) is 4.79 Å². The Morgan fingerprint density at radius 3 is 2.59 bits per heavy atom. The van der Waals surface area contributed by atoms with E-state index < -0.39 is 0 Å². The van der Waals surface area contributed by atoms with Crippen LogP contribution < -0.4 is 19.6 Å². The van der Waals surface area contributed by atoms with E-state index in [0.29, 0.717) is 47.0 Å². The van der Waals surface area contributed by atoms with Crippen LogP contribution in [0.5, 0.6) is 17.2 Å². The third kappa shape index (κ3) is 2.58. The maximum Gasteiger partial charge on any atom is 0.200 e. The highest BCUT2D eigenvalue weighted by Gasteiger charge is 2.24. The van der Waals surface area contributed by atoms with Crippen molar-refractivity contribution in [2.75, 3.05) is 13.2 Å². The molecule has 0 radical (unpaired) electrons. The fourth-order valence-corrected chi connectivity index (χ4v) is 3.46. The van der Waals surface area contributed by atoms with Gasteiger partial charge >= 0.3 is 0 Å². The lowest BCUT2D eigenvalue weighted by molar-refractivity contribution is 0.159. The van der Waals surface area contributed by atoms with Gasteiger partial charge < -0.3 is 18.6 Å². The van der Waals surface area contributed by atoms with Crippen LogP contribution >= 0.6 is 0 Å². The molecule has 5 nitrogen and oxygen atoms in total. The van der Waals surface area contributed by atoms with E-state index in [4.69, 9.17) is 18.6 Å². The minimum Gasteiger partial charge on any atom is -0.486 e. The Morgan fingerprint density at radius 1 is 0.963 bits per heavy atom. The lowest BCUT2D eigenvalue weighted by atomic mass is 9.99. The minimum absolute atomic E-state index is 0.0889. The summed E-state index contributed by atoms with van der Waals surface area (Å²) in [6, 6.07) is 9.06. The maximum atomic E-state index is 13.1. The summed E-state index contributed by atoms with van der Waals surface area (Å²) >= 11 is 0. The zero-order valence-electron chi connectivity index (χ0n) is 15.1. The molecule has 0 unspecified atom stereocenters. The summed E-state index contributed by atoms with van der Waals surface area (Å²) < 4.78 is 23.0. The molecule has 2 aromatic carbocycles. The number of fused-ring (bicyclic) bond motifs is 4. The Hall–Kier alpha value is -3.21. The molecule has 0 saturated heterocycles. The topological polar surface area (TPSA) is 57.9 Å². The Kier molecular flexibility index (Phi) is 3.34. The van der Waals surface area contributed by atoms with Gasteiger partial charge in [-0.2, -0.15) is 0 Å². The highest BCUT2D eigenvalue weighted by molar-refractivity contribution is 5.91. The van der Waals surface area contributed by atoms with Crippen molar-refractivity contribution in [3.05, 3.63) is 58.5 Å². The maximum absolute atomic E-state index is 13.1. The zero-order chi connectivity index (χ0) is 18.6. The molecule has 3 aromatic rings. The van der Waals surface area contributed by atoms with Gasteiger partial charge in [-0.25, -0.2) is 0 Å². The highest BCUT2D eigenvalue weighted by atomic mass is 16.6. The van der Waals surface area contributed by atoms with Gasteiger partial charge in [0.05, 0.1) is 16.5 Å². The van der Waals surface area contributed by atoms with Gasteiger partial charge in [0.1, 0.15) is 36.4 Å². The van der Waals surface area contributed by atoms with Crippen LogP contribution in [-0.2, 0) is 0 Å². The van der Waals surface area contributed by atoms with Gasteiger partial charge in [0.15, 0.2) is 11.5 Å². The van der Waals surface area contributed by atoms with Crippen LogP contribution in [0, 0.1) is 0 Å². The van der Waals surface area contributed by atoms with E-state index in [-0.39, 0.29) is 11.0 Å². The summed E-state index contributed by atoms with van der Waals surface area (Å²) in [5, 5.41) is 0.522. The molecule has 0 saturated carbocycles. The molecule has 0 aliphatic carbocycles. The molecule has 2 aliphatic heterocycles. The van der Waals surface area contributed by atoms with Crippen LogP contribution in [0.3, 0.4) is 0 Å². The smallest absolute Gasteiger partial charge is 0.200 e. The molecule has 0 amide bonds. The largest absolute Gasteiger partial charge is 0.486 e. The number of benzene rings is 2.